The van der Waals surface area contributed by atoms with Crippen LogP contribution in [0.3, 0.4) is 0 Å². The van der Waals surface area contributed by atoms with Crippen molar-refractivity contribution >= 4 is 11.9 Å². The fourth-order valence-corrected chi connectivity index (χ4v) is 2.88. The van der Waals surface area contributed by atoms with Crippen LogP contribution in [0.1, 0.15) is 5.56 Å². The third kappa shape index (κ3) is 9.48. The molecule has 8 nitrogen and oxygen atoms in total. The summed E-state index contributed by atoms with van der Waals surface area (Å²) in [7, 11) is 0. The molecule has 0 unspecified atom stereocenters. The smallest absolute Gasteiger partial charge is 0.320 e. The molecule has 0 saturated carbocycles. The van der Waals surface area contributed by atoms with Crippen molar-refractivity contribution in [2.24, 2.45) is 0 Å². The van der Waals surface area contributed by atoms with E-state index in [-0.39, 0.29) is 25.7 Å². The predicted molar refractivity (Wildman–Crippen MR) is 102 cm³/mol. The van der Waals surface area contributed by atoms with Crippen LogP contribution in [0.4, 0.5) is 0 Å². The first-order valence-electron chi connectivity index (χ1n) is 9.41. The van der Waals surface area contributed by atoms with Crippen LogP contribution in [-0.4, -0.2) is 92.3 Å². The lowest BCUT2D eigenvalue weighted by molar-refractivity contribution is -0.146. The zero-order valence-corrected chi connectivity index (χ0v) is 15.7. The van der Waals surface area contributed by atoms with Gasteiger partial charge in [-0.3, -0.25) is 19.4 Å². The molecule has 1 aromatic carbocycles. The number of carbonyl (C=O) groups excluding carboxylic acids is 1. The Labute approximate surface area is 160 Å². The van der Waals surface area contributed by atoms with Crippen LogP contribution in [0.2, 0.25) is 0 Å². The summed E-state index contributed by atoms with van der Waals surface area (Å²) in [5.41, 5.74) is 0.960. The number of aliphatic carboxylic acids is 1. The monoisotopic (exact) mass is 378 g/mol. The lowest BCUT2D eigenvalue weighted by atomic mass is 10.2. The number of ether oxygens (including phenoxy) is 1. The van der Waals surface area contributed by atoms with Gasteiger partial charge in [-0.05, 0) is 5.56 Å². The number of esters is 1. The number of carboxylic acid groups (broad SMARTS) is 1. The summed E-state index contributed by atoms with van der Waals surface area (Å²) in [6, 6.07) is 9.60. The molecule has 0 amide bonds. The molecule has 0 atom stereocenters. The van der Waals surface area contributed by atoms with Gasteiger partial charge >= 0.3 is 11.9 Å². The van der Waals surface area contributed by atoms with Crippen molar-refractivity contribution in [3.8, 4) is 0 Å². The molecule has 2 rings (SSSR count). The van der Waals surface area contributed by atoms with Crippen molar-refractivity contribution < 1.29 is 19.4 Å². The highest BCUT2D eigenvalue weighted by atomic mass is 16.5. The number of rotatable bonds is 6. The zero-order valence-electron chi connectivity index (χ0n) is 15.7. The first kappa shape index (κ1) is 21.3. The second-order valence-corrected chi connectivity index (χ2v) is 6.59. The van der Waals surface area contributed by atoms with Crippen LogP contribution in [0, 0.1) is 0 Å². The molecule has 1 heterocycles. The topological polar surface area (TPSA) is 94.1 Å². The second-order valence-electron chi connectivity index (χ2n) is 6.59. The van der Waals surface area contributed by atoms with E-state index in [1.807, 2.05) is 40.1 Å². The number of benzene rings is 1. The Bertz CT molecular complexity index is 570. The Hall–Kier alpha value is -2.00. The van der Waals surface area contributed by atoms with Gasteiger partial charge in [-0.25, -0.2) is 0 Å². The summed E-state index contributed by atoms with van der Waals surface area (Å²) >= 11 is 0. The molecule has 1 aromatic rings. The third-order valence-corrected chi connectivity index (χ3v) is 4.37. The minimum atomic E-state index is -0.836. The molecule has 150 valence electrons. The van der Waals surface area contributed by atoms with E-state index in [9.17, 15) is 9.59 Å². The van der Waals surface area contributed by atoms with E-state index in [0.717, 1.165) is 31.7 Å². The molecule has 1 fully saturated rings. The molecule has 1 aliphatic rings. The Balaban J connectivity index is 1.84. The van der Waals surface area contributed by atoms with E-state index in [4.69, 9.17) is 9.84 Å². The average Bonchev–Trinajstić information content (AvgIpc) is 2.65. The fourth-order valence-electron chi connectivity index (χ4n) is 2.88. The quantitative estimate of drug-likeness (QED) is 0.577. The van der Waals surface area contributed by atoms with Crippen LogP contribution in [0.15, 0.2) is 30.3 Å². The van der Waals surface area contributed by atoms with E-state index in [1.54, 1.807) is 0 Å². The number of carboxylic acids is 1. The molecule has 8 heteroatoms. The van der Waals surface area contributed by atoms with Gasteiger partial charge in [0.25, 0.3) is 0 Å². The molecule has 27 heavy (non-hydrogen) atoms. The van der Waals surface area contributed by atoms with Gasteiger partial charge in [0.2, 0.25) is 0 Å². The lowest BCUT2D eigenvalue weighted by Crippen LogP contribution is -2.46. The van der Waals surface area contributed by atoms with Gasteiger partial charge < -0.3 is 20.5 Å². The standard InChI is InChI=1S/C19H30N4O4/c24-18(25)14-22-10-8-20-6-7-21-9-11-23(13-12-22)15-19(26)27-16-17-4-2-1-3-5-17/h1-5,20-21H,6-16H2,(H,24,25). The number of hydrogen-bond donors (Lipinski definition) is 3. The SMILES string of the molecule is O=C(O)CN1CCNCCNCCN(CC(=O)OCc2ccccc2)CC1. The summed E-state index contributed by atoms with van der Waals surface area (Å²) in [6.07, 6.45) is 0. The van der Waals surface area contributed by atoms with Gasteiger partial charge in [0.1, 0.15) is 6.61 Å². The predicted octanol–water partition coefficient (Wildman–Crippen LogP) is -0.389. The molecule has 0 bridgehead atoms. The van der Waals surface area contributed by atoms with Gasteiger partial charge in [-0.1, -0.05) is 30.3 Å². The molecule has 0 spiro atoms. The maximum absolute atomic E-state index is 12.2. The second kappa shape index (κ2) is 12.4. The van der Waals surface area contributed by atoms with Crippen LogP contribution in [-0.2, 0) is 20.9 Å². The number of nitrogens with one attached hydrogen (secondary N) is 2. The summed E-state index contributed by atoms with van der Waals surface area (Å²) in [4.78, 5) is 27.2. The van der Waals surface area contributed by atoms with Crippen LogP contribution in [0.25, 0.3) is 0 Å². The van der Waals surface area contributed by atoms with Crippen molar-refractivity contribution in [2.75, 3.05) is 65.4 Å². The third-order valence-electron chi connectivity index (χ3n) is 4.37. The first-order chi connectivity index (χ1) is 13.1. The Kier molecular flexibility index (Phi) is 9.78. The molecular weight excluding hydrogens is 348 g/mol. The molecule has 1 saturated heterocycles. The molecule has 0 aliphatic carbocycles. The van der Waals surface area contributed by atoms with Gasteiger partial charge in [-0.2, -0.15) is 0 Å². The molecule has 0 aromatic heterocycles. The highest BCUT2D eigenvalue weighted by molar-refractivity contribution is 5.71. The highest BCUT2D eigenvalue weighted by Gasteiger charge is 2.16. The van der Waals surface area contributed by atoms with E-state index in [2.05, 4.69) is 10.6 Å². The molecular formula is C19H30N4O4. The lowest BCUT2D eigenvalue weighted by Gasteiger charge is -2.27. The minimum Gasteiger partial charge on any atom is -0.480 e. The van der Waals surface area contributed by atoms with Crippen LogP contribution in [0.5, 0.6) is 0 Å². The van der Waals surface area contributed by atoms with Crippen molar-refractivity contribution in [2.45, 2.75) is 6.61 Å². The molecule has 0 radical (unpaired) electrons. The van der Waals surface area contributed by atoms with Gasteiger partial charge in [0, 0.05) is 52.4 Å². The van der Waals surface area contributed by atoms with Gasteiger partial charge in [0.05, 0.1) is 13.1 Å². The summed E-state index contributed by atoms with van der Waals surface area (Å²) < 4.78 is 5.38. The molecule has 3 N–H and O–H groups in total. The Morgan fingerprint density at radius 2 is 1.48 bits per heavy atom. The zero-order chi connectivity index (χ0) is 19.3. The van der Waals surface area contributed by atoms with Crippen LogP contribution >= 0.6 is 0 Å². The first-order valence-corrected chi connectivity index (χ1v) is 9.41. The van der Waals surface area contributed by atoms with Crippen molar-refractivity contribution in [3.63, 3.8) is 0 Å². The number of carbonyl (C=O) groups is 2. The fraction of sp³-hybridized carbons (Fsp3) is 0.579. The Morgan fingerprint density at radius 3 is 2.07 bits per heavy atom. The largest absolute Gasteiger partial charge is 0.480 e. The van der Waals surface area contributed by atoms with Gasteiger partial charge in [-0.15, -0.1) is 0 Å². The van der Waals surface area contributed by atoms with Gasteiger partial charge in [0.15, 0.2) is 0 Å². The van der Waals surface area contributed by atoms with E-state index in [0.29, 0.717) is 26.2 Å². The van der Waals surface area contributed by atoms with Crippen molar-refractivity contribution in [1.29, 1.82) is 0 Å². The van der Waals surface area contributed by atoms with Crippen LogP contribution < -0.4 is 10.6 Å². The number of nitrogens with zero attached hydrogens (tertiary/aromatic N) is 2. The minimum absolute atomic E-state index is 0.00617. The Morgan fingerprint density at radius 1 is 0.889 bits per heavy atom. The summed E-state index contributed by atoms with van der Waals surface area (Å²) in [5.74, 6) is -1.10. The average molecular weight is 378 g/mol. The van der Waals surface area contributed by atoms with E-state index >= 15 is 0 Å². The normalized spacial score (nSPS) is 18.2. The van der Waals surface area contributed by atoms with Crippen molar-refractivity contribution in [3.05, 3.63) is 35.9 Å². The summed E-state index contributed by atoms with van der Waals surface area (Å²) in [6.45, 7) is 6.25. The van der Waals surface area contributed by atoms with E-state index in [1.165, 1.54) is 0 Å². The maximum atomic E-state index is 12.2. The maximum Gasteiger partial charge on any atom is 0.320 e. The molecule has 1 aliphatic heterocycles. The van der Waals surface area contributed by atoms with Crippen molar-refractivity contribution in [1.82, 2.24) is 20.4 Å². The summed E-state index contributed by atoms with van der Waals surface area (Å²) in [5, 5.41) is 15.7. The number of hydrogen-bond acceptors (Lipinski definition) is 7. The highest BCUT2D eigenvalue weighted by Crippen LogP contribution is 2.02. The van der Waals surface area contributed by atoms with E-state index < -0.39 is 5.97 Å².